The topological polar surface area (TPSA) is 36.2 Å². The van der Waals surface area contributed by atoms with Gasteiger partial charge in [0.15, 0.2) is 12.4 Å². The number of unbranched alkanes of at least 4 members (excludes halogenated alkanes) is 8. The van der Waals surface area contributed by atoms with Crippen LogP contribution in [0.25, 0.3) is 12.2 Å². The molecule has 3 nitrogen and oxygen atoms in total. The van der Waals surface area contributed by atoms with E-state index in [1.165, 1.54) is 63.8 Å². The van der Waals surface area contributed by atoms with E-state index in [2.05, 4.69) is 19.1 Å². The molecule has 0 saturated carbocycles. The number of nitrogens with zero attached hydrogens (tertiary/aromatic N) is 1. The van der Waals surface area contributed by atoms with Crippen molar-refractivity contribution in [2.75, 3.05) is 6.61 Å². The predicted octanol–water partition coefficient (Wildman–Crippen LogP) is 6.40. The van der Waals surface area contributed by atoms with Crippen LogP contribution in [0.4, 0.5) is 0 Å². The van der Waals surface area contributed by atoms with Gasteiger partial charge in [-0.2, -0.15) is 4.73 Å². The van der Waals surface area contributed by atoms with Crippen LogP contribution in [0.3, 0.4) is 0 Å². The van der Waals surface area contributed by atoms with Gasteiger partial charge in [0.2, 0.25) is 0 Å². The minimum atomic E-state index is 0.789. The van der Waals surface area contributed by atoms with E-state index in [4.69, 9.17) is 4.74 Å². The normalized spacial score (nSPS) is 11.1. The first-order valence-electron chi connectivity index (χ1n) is 10.4. The SMILES string of the molecule is CCCCCCCCCCCOc1ccc(/C=C/c2cc[n+]([O-])cc2)cc1. The Morgan fingerprint density at radius 1 is 0.741 bits per heavy atom. The van der Waals surface area contributed by atoms with Crippen molar-refractivity contribution in [1.82, 2.24) is 0 Å². The molecule has 2 aromatic rings. The smallest absolute Gasteiger partial charge is 0.180 e. The maximum Gasteiger partial charge on any atom is 0.180 e. The first kappa shape index (κ1) is 21.0. The molecular formula is C24H33NO2. The fourth-order valence-corrected chi connectivity index (χ4v) is 3.01. The third-order valence-electron chi connectivity index (χ3n) is 4.69. The molecule has 0 aliphatic carbocycles. The molecule has 27 heavy (non-hydrogen) atoms. The molecule has 2 rings (SSSR count). The number of hydrogen-bond donors (Lipinski definition) is 0. The first-order valence-corrected chi connectivity index (χ1v) is 10.4. The van der Waals surface area contributed by atoms with Crippen LogP contribution in [-0.2, 0) is 0 Å². The van der Waals surface area contributed by atoms with Crippen LogP contribution in [0.5, 0.6) is 5.75 Å². The van der Waals surface area contributed by atoms with E-state index in [1.807, 2.05) is 24.3 Å². The van der Waals surface area contributed by atoms with E-state index in [0.29, 0.717) is 0 Å². The van der Waals surface area contributed by atoms with Crippen LogP contribution in [0.15, 0.2) is 48.8 Å². The number of pyridine rings is 1. The van der Waals surface area contributed by atoms with Gasteiger partial charge in [0, 0.05) is 12.1 Å². The zero-order valence-corrected chi connectivity index (χ0v) is 16.6. The summed E-state index contributed by atoms with van der Waals surface area (Å²) in [5.41, 5.74) is 2.12. The molecular weight excluding hydrogens is 334 g/mol. The average molecular weight is 368 g/mol. The summed E-state index contributed by atoms with van der Waals surface area (Å²) in [6, 6.07) is 11.7. The summed E-state index contributed by atoms with van der Waals surface area (Å²) in [5.74, 6) is 0.929. The Labute approximate surface area is 164 Å². The molecule has 0 fully saturated rings. The van der Waals surface area contributed by atoms with Gasteiger partial charge in [0.05, 0.1) is 6.61 Å². The molecule has 0 unspecified atom stereocenters. The highest BCUT2D eigenvalue weighted by Gasteiger charge is 1.96. The van der Waals surface area contributed by atoms with Gasteiger partial charge in [-0.3, -0.25) is 0 Å². The third-order valence-corrected chi connectivity index (χ3v) is 4.69. The summed E-state index contributed by atoms with van der Waals surface area (Å²) in [7, 11) is 0. The highest BCUT2D eigenvalue weighted by molar-refractivity contribution is 5.69. The van der Waals surface area contributed by atoms with E-state index in [-0.39, 0.29) is 0 Å². The number of benzene rings is 1. The Hall–Kier alpha value is -2.29. The van der Waals surface area contributed by atoms with Crippen molar-refractivity contribution >= 4 is 12.2 Å². The van der Waals surface area contributed by atoms with Gasteiger partial charge in [0.25, 0.3) is 0 Å². The molecule has 0 N–H and O–H groups in total. The molecule has 3 heteroatoms. The standard InChI is InChI=1S/C24H33NO2/c1-2-3-4-5-6-7-8-9-10-21-27-24-15-13-22(14-16-24)11-12-23-17-19-25(26)20-18-23/h11-20H,2-10,21H2,1H3/b12-11+. The fraction of sp³-hybridized carbons (Fsp3) is 0.458. The number of ether oxygens (including phenoxy) is 1. The maximum absolute atomic E-state index is 11.0. The number of aromatic nitrogens is 1. The molecule has 1 aromatic carbocycles. The van der Waals surface area contributed by atoms with E-state index >= 15 is 0 Å². The third kappa shape index (κ3) is 9.28. The molecule has 0 bridgehead atoms. The molecule has 0 saturated heterocycles. The van der Waals surface area contributed by atoms with Crippen molar-refractivity contribution in [1.29, 1.82) is 0 Å². The Bertz CT molecular complexity index is 647. The molecule has 1 heterocycles. The van der Waals surface area contributed by atoms with Crippen LogP contribution in [-0.4, -0.2) is 6.61 Å². The molecule has 0 aliphatic rings. The van der Waals surface area contributed by atoms with Crippen molar-refractivity contribution < 1.29 is 9.47 Å². The predicted molar refractivity (Wildman–Crippen MR) is 113 cm³/mol. The molecule has 0 radical (unpaired) electrons. The number of rotatable bonds is 13. The Kier molecular flexibility index (Phi) is 10.1. The fourth-order valence-electron chi connectivity index (χ4n) is 3.01. The van der Waals surface area contributed by atoms with Crippen LogP contribution in [0, 0.1) is 5.21 Å². The van der Waals surface area contributed by atoms with Crippen molar-refractivity contribution in [2.24, 2.45) is 0 Å². The Balaban J connectivity index is 1.58. The van der Waals surface area contributed by atoms with E-state index < -0.39 is 0 Å². The minimum Gasteiger partial charge on any atom is -0.619 e. The lowest BCUT2D eigenvalue weighted by Gasteiger charge is -2.06. The highest BCUT2D eigenvalue weighted by Crippen LogP contribution is 2.15. The van der Waals surface area contributed by atoms with Gasteiger partial charge in [-0.25, -0.2) is 0 Å². The van der Waals surface area contributed by atoms with Crippen LogP contribution >= 0.6 is 0 Å². The van der Waals surface area contributed by atoms with Crippen LogP contribution in [0.1, 0.15) is 75.8 Å². The van der Waals surface area contributed by atoms with Crippen molar-refractivity contribution in [3.8, 4) is 5.75 Å². The summed E-state index contributed by atoms with van der Waals surface area (Å²) in [6.45, 7) is 3.06. The van der Waals surface area contributed by atoms with Crippen LogP contribution in [0.2, 0.25) is 0 Å². The van der Waals surface area contributed by atoms with Gasteiger partial charge in [-0.15, -0.1) is 0 Å². The number of hydrogen-bond acceptors (Lipinski definition) is 2. The molecule has 0 atom stereocenters. The van der Waals surface area contributed by atoms with Crippen molar-refractivity contribution in [2.45, 2.75) is 64.7 Å². The van der Waals surface area contributed by atoms with Gasteiger partial charge < -0.3 is 9.94 Å². The summed E-state index contributed by atoms with van der Waals surface area (Å²) < 4.78 is 6.62. The van der Waals surface area contributed by atoms with E-state index in [0.717, 1.165) is 34.6 Å². The second-order valence-electron chi connectivity index (χ2n) is 7.07. The van der Waals surface area contributed by atoms with Gasteiger partial charge in [0.1, 0.15) is 5.75 Å². The lowest BCUT2D eigenvalue weighted by Crippen LogP contribution is -2.23. The molecule has 0 aliphatic heterocycles. The average Bonchev–Trinajstić information content (AvgIpc) is 2.70. The lowest BCUT2D eigenvalue weighted by atomic mass is 10.1. The maximum atomic E-state index is 11.0. The second kappa shape index (κ2) is 13.0. The summed E-state index contributed by atoms with van der Waals surface area (Å²) in [4.78, 5) is 0. The van der Waals surface area contributed by atoms with E-state index in [1.54, 1.807) is 12.1 Å². The molecule has 0 amide bonds. The van der Waals surface area contributed by atoms with Crippen LogP contribution < -0.4 is 9.47 Å². The molecule has 146 valence electrons. The van der Waals surface area contributed by atoms with Gasteiger partial charge in [-0.05, 0) is 29.7 Å². The molecule has 1 aromatic heterocycles. The zero-order chi connectivity index (χ0) is 19.2. The zero-order valence-electron chi connectivity index (χ0n) is 16.6. The second-order valence-corrected chi connectivity index (χ2v) is 7.07. The van der Waals surface area contributed by atoms with Crippen molar-refractivity contribution in [3.63, 3.8) is 0 Å². The van der Waals surface area contributed by atoms with Gasteiger partial charge >= 0.3 is 0 Å². The Morgan fingerprint density at radius 3 is 1.85 bits per heavy atom. The quantitative estimate of drug-likeness (QED) is 0.233. The summed E-state index contributed by atoms with van der Waals surface area (Å²) in [6.07, 6.45) is 19.0. The molecule has 0 spiro atoms. The highest BCUT2D eigenvalue weighted by atomic mass is 16.5. The minimum absolute atomic E-state index is 0.789. The monoisotopic (exact) mass is 367 g/mol. The van der Waals surface area contributed by atoms with Crippen molar-refractivity contribution in [3.05, 3.63) is 65.1 Å². The first-order chi connectivity index (χ1) is 13.3. The van der Waals surface area contributed by atoms with Gasteiger partial charge in [-0.1, -0.05) is 82.6 Å². The van der Waals surface area contributed by atoms with E-state index in [9.17, 15) is 5.21 Å². The lowest BCUT2D eigenvalue weighted by molar-refractivity contribution is -0.605. The summed E-state index contributed by atoms with van der Waals surface area (Å²) in [5, 5.41) is 11.0. The largest absolute Gasteiger partial charge is 0.619 e. The Morgan fingerprint density at radius 2 is 1.26 bits per heavy atom. The summed E-state index contributed by atoms with van der Waals surface area (Å²) >= 11 is 0.